The zero-order valence-corrected chi connectivity index (χ0v) is 19.7. The minimum absolute atomic E-state index is 0.133. The molecule has 0 aliphatic heterocycles. The van der Waals surface area contributed by atoms with Gasteiger partial charge in [-0.2, -0.15) is 0 Å². The van der Waals surface area contributed by atoms with Gasteiger partial charge in [0.05, 0.1) is 6.42 Å². The summed E-state index contributed by atoms with van der Waals surface area (Å²) in [6, 6.07) is 22.0. The predicted octanol–water partition coefficient (Wildman–Crippen LogP) is 5.23. The second-order valence-corrected chi connectivity index (χ2v) is 8.52. The molecule has 0 saturated carbocycles. The van der Waals surface area contributed by atoms with Crippen molar-refractivity contribution in [2.45, 2.75) is 32.4 Å². The molecule has 0 fully saturated rings. The molecule has 0 aromatic heterocycles. The number of nitrogens with zero attached hydrogens (tertiary/aromatic N) is 1. The Hall–Kier alpha value is -2.82. The number of benzene rings is 3. The second kappa shape index (κ2) is 11.2. The van der Waals surface area contributed by atoms with E-state index in [4.69, 9.17) is 23.2 Å². The summed E-state index contributed by atoms with van der Waals surface area (Å²) in [7, 11) is 1.58. The SMILES string of the molecule is CNC(=O)C(Cc1ccccc1)N(Cc1c(Cl)cccc1Cl)C(=O)Cc1cccc(C)c1. The number of hydrogen-bond donors (Lipinski definition) is 1. The highest BCUT2D eigenvalue weighted by molar-refractivity contribution is 6.36. The van der Waals surface area contributed by atoms with Crippen LogP contribution in [0.15, 0.2) is 72.8 Å². The average Bonchev–Trinajstić information content (AvgIpc) is 2.78. The number of nitrogens with one attached hydrogen (secondary N) is 1. The molecule has 4 nitrogen and oxygen atoms in total. The van der Waals surface area contributed by atoms with Crippen LogP contribution in [-0.2, 0) is 29.0 Å². The zero-order valence-electron chi connectivity index (χ0n) is 18.1. The Balaban J connectivity index is 1.99. The molecule has 3 aromatic rings. The fourth-order valence-electron chi connectivity index (χ4n) is 3.67. The van der Waals surface area contributed by atoms with Crippen molar-refractivity contribution in [3.05, 3.63) is 105 Å². The summed E-state index contributed by atoms with van der Waals surface area (Å²) < 4.78 is 0. The van der Waals surface area contributed by atoms with Gasteiger partial charge in [0.1, 0.15) is 6.04 Å². The van der Waals surface area contributed by atoms with Gasteiger partial charge in [0.25, 0.3) is 0 Å². The minimum atomic E-state index is -0.716. The van der Waals surface area contributed by atoms with Crippen LogP contribution in [0.1, 0.15) is 22.3 Å². The first kappa shape index (κ1) is 23.8. The molecule has 3 aromatic carbocycles. The number of hydrogen-bond acceptors (Lipinski definition) is 2. The van der Waals surface area contributed by atoms with Crippen LogP contribution in [0.2, 0.25) is 10.0 Å². The van der Waals surface area contributed by atoms with Crippen LogP contribution in [0.3, 0.4) is 0 Å². The fourth-order valence-corrected chi connectivity index (χ4v) is 4.19. The summed E-state index contributed by atoms with van der Waals surface area (Å²) in [6.45, 7) is 2.12. The molecule has 0 aliphatic rings. The van der Waals surface area contributed by atoms with E-state index in [0.717, 1.165) is 16.7 Å². The summed E-state index contributed by atoms with van der Waals surface area (Å²) >= 11 is 12.8. The van der Waals surface area contributed by atoms with Crippen LogP contribution in [0.4, 0.5) is 0 Å². The Morgan fingerprint density at radius 3 is 2.16 bits per heavy atom. The molecule has 1 N–H and O–H groups in total. The Morgan fingerprint density at radius 2 is 1.53 bits per heavy atom. The number of aryl methyl sites for hydroxylation is 1. The van der Waals surface area contributed by atoms with Crippen LogP contribution < -0.4 is 5.32 Å². The molecule has 0 spiro atoms. The molecule has 1 atom stereocenters. The molecule has 166 valence electrons. The summed E-state index contributed by atoms with van der Waals surface area (Å²) in [5.74, 6) is -0.411. The standard InChI is InChI=1S/C26H26Cl2N2O2/c1-18-8-6-11-20(14-18)16-25(31)30(17-21-22(27)12-7-13-23(21)28)24(26(32)29-2)15-19-9-4-3-5-10-19/h3-14,24H,15-17H2,1-2H3,(H,29,32). The number of halogens is 2. The lowest BCUT2D eigenvalue weighted by Crippen LogP contribution is -2.50. The van der Waals surface area contributed by atoms with E-state index in [1.54, 1.807) is 30.1 Å². The first-order chi connectivity index (χ1) is 15.4. The molecule has 0 heterocycles. The second-order valence-electron chi connectivity index (χ2n) is 7.71. The molecule has 2 amide bonds. The van der Waals surface area contributed by atoms with Crippen molar-refractivity contribution >= 4 is 35.0 Å². The molecule has 3 rings (SSSR count). The van der Waals surface area contributed by atoms with E-state index in [0.29, 0.717) is 22.0 Å². The van der Waals surface area contributed by atoms with Gasteiger partial charge in [-0.3, -0.25) is 9.59 Å². The van der Waals surface area contributed by atoms with E-state index in [1.165, 1.54) is 0 Å². The Kier molecular flexibility index (Phi) is 8.32. The molecule has 32 heavy (non-hydrogen) atoms. The van der Waals surface area contributed by atoms with Gasteiger partial charge in [0.15, 0.2) is 0 Å². The lowest BCUT2D eigenvalue weighted by Gasteiger charge is -2.32. The smallest absolute Gasteiger partial charge is 0.242 e. The van der Waals surface area contributed by atoms with E-state index in [1.807, 2.05) is 61.5 Å². The van der Waals surface area contributed by atoms with Gasteiger partial charge >= 0.3 is 0 Å². The number of carbonyl (C=O) groups excluding carboxylic acids is 2. The number of carbonyl (C=O) groups is 2. The predicted molar refractivity (Wildman–Crippen MR) is 130 cm³/mol. The van der Waals surface area contributed by atoms with Crippen LogP contribution in [0.5, 0.6) is 0 Å². The van der Waals surface area contributed by atoms with Crippen molar-refractivity contribution < 1.29 is 9.59 Å². The van der Waals surface area contributed by atoms with Gasteiger partial charge in [-0.05, 0) is 30.2 Å². The van der Waals surface area contributed by atoms with Gasteiger partial charge < -0.3 is 10.2 Å². The Labute approximate surface area is 199 Å². The molecule has 0 saturated heterocycles. The highest BCUT2D eigenvalue weighted by Crippen LogP contribution is 2.27. The highest BCUT2D eigenvalue weighted by Gasteiger charge is 2.30. The van der Waals surface area contributed by atoms with E-state index in [-0.39, 0.29) is 24.8 Å². The molecule has 1 unspecified atom stereocenters. The topological polar surface area (TPSA) is 49.4 Å². The van der Waals surface area contributed by atoms with Crippen LogP contribution in [-0.4, -0.2) is 29.8 Å². The molecule has 0 aliphatic carbocycles. The number of amides is 2. The summed E-state index contributed by atoms with van der Waals surface area (Å²) in [6.07, 6.45) is 0.550. The van der Waals surface area contributed by atoms with E-state index >= 15 is 0 Å². The van der Waals surface area contributed by atoms with Gasteiger partial charge in [0.2, 0.25) is 11.8 Å². The monoisotopic (exact) mass is 468 g/mol. The summed E-state index contributed by atoms with van der Waals surface area (Å²) in [5, 5.41) is 3.63. The normalized spacial score (nSPS) is 11.6. The third kappa shape index (κ3) is 6.12. The maximum Gasteiger partial charge on any atom is 0.242 e. The zero-order chi connectivity index (χ0) is 23.1. The first-order valence-corrected chi connectivity index (χ1v) is 11.2. The van der Waals surface area contributed by atoms with Crippen molar-refractivity contribution in [1.82, 2.24) is 10.2 Å². The Morgan fingerprint density at radius 1 is 0.906 bits per heavy atom. The summed E-state index contributed by atoms with van der Waals surface area (Å²) in [5.41, 5.74) is 3.54. The molecular formula is C26H26Cl2N2O2. The van der Waals surface area contributed by atoms with Crippen molar-refractivity contribution in [1.29, 1.82) is 0 Å². The lowest BCUT2D eigenvalue weighted by molar-refractivity contribution is -0.140. The Bertz CT molecular complexity index is 1070. The quantitative estimate of drug-likeness (QED) is 0.491. The van der Waals surface area contributed by atoms with Crippen molar-refractivity contribution in [2.75, 3.05) is 7.05 Å². The van der Waals surface area contributed by atoms with Crippen LogP contribution >= 0.6 is 23.2 Å². The van der Waals surface area contributed by atoms with E-state index < -0.39 is 6.04 Å². The fraction of sp³-hybridized carbons (Fsp3) is 0.231. The van der Waals surface area contributed by atoms with Crippen molar-refractivity contribution in [2.24, 2.45) is 0 Å². The van der Waals surface area contributed by atoms with Crippen LogP contribution in [0.25, 0.3) is 0 Å². The average molecular weight is 469 g/mol. The van der Waals surface area contributed by atoms with Gasteiger partial charge in [-0.1, -0.05) is 89.4 Å². The maximum atomic E-state index is 13.6. The molecule has 0 radical (unpaired) electrons. The van der Waals surface area contributed by atoms with Gasteiger partial charge in [-0.25, -0.2) is 0 Å². The summed E-state index contributed by atoms with van der Waals surface area (Å²) in [4.78, 5) is 28.1. The van der Waals surface area contributed by atoms with Gasteiger partial charge in [-0.15, -0.1) is 0 Å². The van der Waals surface area contributed by atoms with E-state index in [9.17, 15) is 9.59 Å². The van der Waals surface area contributed by atoms with Gasteiger partial charge in [0, 0.05) is 35.6 Å². The third-order valence-corrected chi connectivity index (χ3v) is 6.05. The molecule has 6 heteroatoms. The number of rotatable bonds is 8. The van der Waals surface area contributed by atoms with Crippen molar-refractivity contribution in [3.63, 3.8) is 0 Å². The largest absolute Gasteiger partial charge is 0.357 e. The molecular weight excluding hydrogens is 443 g/mol. The maximum absolute atomic E-state index is 13.6. The minimum Gasteiger partial charge on any atom is -0.357 e. The lowest BCUT2D eigenvalue weighted by atomic mass is 10.0. The third-order valence-electron chi connectivity index (χ3n) is 5.35. The highest BCUT2D eigenvalue weighted by atomic mass is 35.5. The van der Waals surface area contributed by atoms with E-state index in [2.05, 4.69) is 5.32 Å². The van der Waals surface area contributed by atoms with Crippen LogP contribution in [0, 0.1) is 6.92 Å². The number of likely N-dealkylation sites (N-methyl/N-ethyl adjacent to an activating group) is 1. The van der Waals surface area contributed by atoms with Crippen molar-refractivity contribution in [3.8, 4) is 0 Å². The first-order valence-electron chi connectivity index (χ1n) is 10.4. The molecule has 0 bridgehead atoms.